The molecule has 0 saturated carbocycles. The van der Waals surface area contributed by atoms with Crippen molar-refractivity contribution in [1.82, 2.24) is 0 Å². The van der Waals surface area contributed by atoms with Gasteiger partial charge >= 0.3 is 23.9 Å². The highest BCUT2D eigenvalue weighted by molar-refractivity contribution is 5.86. The molecule has 0 unspecified atom stereocenters. The molecule has 206 valence electrons. The Morgan fingerprint density at radius 1 is 1.03 bits per heavy atom. The van der Waals surface area contributed by atoms with Crippen molar-refractivity contribution in [2.24, 2.45) is 0 Å². The average molecular weight is 523 g/mol. The van der Waals surface area contributed by atoms with Crippen LogP contribution in [-0.2, 0) is 44.7 Å². The molecule has 2 N–H and O–H groups in total. The molecule has 1 aromatic rings. The van der Waals surface area contributed by atoms with Crippen LogP contribution >= 0.6 is 0 Å². The summed E-state index contributed by atoms with van der Waals surface area (Å²) >= 11 is 0. The Morgan fingerprint density at radius 3 is 2.08 bits per heavy atom. The van der Waals surface area contributed by atoms with Crippen molar-refractivity contribution < 1.29 is 48.3 Å². The van der Waals surface area contributed by atoms with E-state index in [1.54, 1.807) is 6.08 Å². The second kappa shape index (κ2) is 13.9. The molecule has 0 aromatic heterocycles. The van der Waals surface area contributed by atoms with Crippen LogP contribution in [0.1, 0.15) is 65.4 Å². The van der Waals surface area contributed by atoms with Crippen molar-refractivity contribution in [2.75, 3.05) is 14.2 Å². The summed E-state index contributed by atoms with van der Waals surface area (Å²) < 4.78 is 19.6. The molecule has 1 saturated heterocycles. The highest BCUT2D eigenvalue weighted by Gasteiger charge is 2.51. The summed E-state index contributed by atoms with van der Waals surface area (Å²) in [6, 6.07) is 9.12. The summed E-state index contributed by atoms with van der Waals surface area (Å²) in [5.74, 6) is -3.16. The standard InChI is InChI=1S/C17H22O5.C10H16O5/c1-13(2)9-10-17(20,11-15(18)21-3)16(19)22-12-14-7-5-4-6-8-14;1-9(2)4-5-10(15-9,8(12)13)6-7(11)14-3/h4-9,20H,10-12H2,1-3H3;4-6H2,1-3H3,(H,12,13)/t17-;10-/m11/s1. The topological polar surface area (TPSA) is 146 Å². The van der Waals surface area contributed by atoms with Crippen LogP contribution in [0.2, 0.25) is 0 Å². The molecule has 1 aromatic carbocycles. The third-order valence-corrected chi connectivity index (χ3v) is 5.76. The lowest BCUT2D eigenvalue weighted by Crippen LogP contribution is -2.42. The van der Waals surface area contributed by atoms with Gasteiger partial charge in [0.2, 0.25) is 0 Å². The predicted molar refractivity (Wildman–Crippen MR) is 133 cm³/mol. The first-order valence-electron chi connectivity index (χ1n) is 11.8. The Balaban J connectivity index is 0.000000397. The summed E-state index contributed by atoms with van der Waals surface area (Å²) in [5, 5.41) is 19.6. The van der Waals surface area contributed by atoms with E-state index in [9.17, 15) is 24.3 Å². The number of benzene rings is 1. The van der Waals surface area contributed by atoms with Crippen LogP contribution in [0.5, 0.6) is 0 Å². The molecular weight excluding hydrogens is 484 g/mol. The number of carbonyl (C=O) groups is 4. The van der Waals surface area contributed by atoms with Gasteiger partial charge in [-0.2, -0.15) is 0 Å². The molecule has 1 aliphatic rings. The summed E-state index contributed by atoms with van der Waals surface area (Å²) in [6.07, 6.45) is 1.97. The minimum atomic E-state index is -1.92. The molecule has 10 nitrogen and oxygen atoms in total. The number of carbonyl (C=O) groups excluding carboxylic acids is 3. The van der Waals surface area contributed by atoms with E-state index < -0.39 is 47.1 Å². The number of methoxy groups -OCH3 is 2. The highest BCUT2D eigenvalue weighted by atomic mass is 16.6. The lowest BCUT2D eigenvalue weighted by Gasteiger charge is -2.26. The molecule has 2 atom stereocenters. The first-order valence-corrected chi connectivity index (χ1v) is 11.8. The zero-order valence-corrected chi connectivity index (χ0v) is 22.4. The number of aliphatic carboxylic acids is 1. The summed E-state index contributed by atoms with van der Waals surface area (Å²) in [6.45, 7) is 7.35. The summed E-state index contributed by atoms with van der Waals surface area (Å²) in [4.78, 5) is 45.9. The molecule has 0 spiro atoms. The smallest absolute Gasteiger partial charge is 0.339 e. The van der Waals surface area contributed by atoms with Crippen LogP contribution in [0.3, 0.4) is 0 Å². The van der Waals surface area contributed by atoms with Gasteiger partial charge in [0.25, 0.3) is 0 Å². The van der Waals surface area contributed by atoms with Crippen molar-refractivity contribution in [3.05, 3.63) is 47.5 Å². The van der Waals surface area contributed by atoms with Gasteiger partial charge < -0.3 is 29.2 Å². The van der Waals surface area contributed by atoms with Crippen molar-refractivity contribution in [1.29, 1.82) is 0 Å². The van der Waals surface area contributed by atoms with E-state index in [1.165, 1.54) is 14.2 Å². The van der Waals surface area contributed by atoms with Crippen molar-refractivity contribution >= 4 is 23.9 Å². The zero-order chi connectivity index (χ0) is 28.3. The fraction of sp³-hybridized carbons (Fsp3) is 0.556. The third kappa shape index (κ3) is 10.3. The van der Waals surface area contributed by atoms with Gasteiger partial charge in [-0.1, -0.05) is 42.0 Å². The normalized spacial score (nSPS) is 19.3. The van der Waals surface area contributed by atoms with E-state index in [0.29, 0.717) is 12.8 Å². The number of hydrogen-bond donors (Lipinski definition) is 2. The van der Waals surface area contributed by atoms with E-state index >= 15 is 0 Å². The first kappa shape index (κ1) is 31.8. The van der Waals surface area contributed by atoms with E-state index in [0.717, 1.165) is 11.1 Å². The van der Waals surface area contributed by atoms with Crippen molar-refractivity contribution in [3.63, 3.8) is 0 Å². The van der Waals surface area contributed by atoms with Crippen LogP contribution < -0.4 is 0 Å². The van der Waals surface area contributed by atoms with Gasteiger partial charge in [-0.3, -0.25) is 9.59 Å². The summed E-state index contributed by atoms with van der Waals surface area (Å²) in [5.41, 5.74) is -2.08. The number of hydrogen-bond acceptors (Lipinski definition) is 9. The molecule has 1 fully saturated rings. The second-order valence-corrected chi connectivity index (χ2v) is 9.75. The molecule has 10 heteroatoms. The van der Waals surface area contributed by atoms with Gasteiger partial charge in [0.1, 0.15) is 6.61 Å². The van der Waals surface area contributed by atoms with Gasteiger partial charge in [-0.15, -0.1) is 0 Å². The second-order valence-electron chi connectivity index (χ2n) is 9.75. The lowest BCUT2D eigenvalue weighted by atomic mass is 9.94. The van der Waals surface area contributed by atoms with Gasteiger partial charge in [0.15, 0.2) is 11.2 Å². The number of carboxylic acids is 1. The molecule has 0 bridgehead atoms. The van der Waals surface area contributed by atoms with Crippen molar-refractivity contribution in [2.45, 2.75) is 83.2 Å². The van der Waals surface area contributed by atoms with E-state index in [2.05, 4.69) is 9.47 Å². The van der Waals surface area contributed by atoms with Crippen LogP contribution in [0.4, 0.5) is 0 Å². The van der Waals surface area contributed by atoms with Crippen LogP contribution in [0, 0.1) is 0 Å². The maximum Gasteiger partial charge on any atom is 0.339 e. The molecule has 0 radical (unpaired) electrons. The Bertz CT molecular complexity index is 965. The number of aliphatic hydroxyl groups is 1. The zero-order valence-electron chi connectivity index (χ0n) is 22.4. The van der Waals surface area contributed by atoms with Gasteiger partial charge in [-0.25, -0.2) is 9.59 Å². The maximum absolute atomic E-state index is 12.2. The fourth-order valence-electron chi connectivity index (χ4n) is 3.56. The Morgan fingerprint density at radius 2 is 1.62 bits per heavy atom. The van der Waals surface area contributed by atoms with E-state index in [-0.39, 0.29) is 19.4 Å². The summed E-state index contributed by atoms with van der Waals surface area (Å²) in [7, 11) is 2.44. The number of esters is 3. The average Bonchev–Trinajstić information content (AvgIpc) is 3.17. The molecule has 2 rings (SSSR count). The molecule has 0 aliphatic carbocycles. The SMILES string of the molecule is COC(=O)C[C@@]1(C(=O)O)CCC(C)(C)O1.COC(=O)C[C@](O)(CC=C(C)C)C(=O)OCc1ccccc1. The molecular formula is C27H38O10. The number of carboxylic acid groups (broad SMARTS) is 1. The van der Waals surface area contributed by atoms with E-state index in [1.807, 2.05) is 58.0 Å². The van der Waals surface area contributed by atoms with Gasteiger partial charge in [-0.05, 0) is 46.1 Å². The minimum Gasteiger partial charge on any atom is -0.479 e. The van der Waals surface area contributed by atoms with Gasteiger partial charge in [0, 0.05) is 6.42 Å². The number of ether oxygens (including phenoxy) is 4. The number of rotatable bonds is 10. The van der Waals surface area contributed by atoms with Crippen LogP contribution in [0.15, 0.2) is 42.0 Å². The van der Waals surface area contributed by atoms with Crippen LogP contribution in [0.25, 0.3) is 0 Å². The maximum atomic E-state index is 12.2. The third-order valence-electron chi connectivity index (χ3n) is 5.76. The number of allylic oxidation sites excluding steroid dienone is 1. The van der Waals surface area contributed by atoms with Gasteiger partial charge in [0.05, 0.1) is 32.7 Å². The molecule has 1 heterocycles. The monoisotopic (exact) mass is 522 g/mol. The first-order chi connectivity index (χ1) is 17.2. The molecule has 0 amide bonds. The quantitative estimate of drug-likeness (QED) is 0.266. The van der Waals surface area contributed by atoms with E-state index in [4.69, 9.17) is 14.6 Å². The van der Waals surface area contributed by atoms with Crippen molar-refractivity contribution in [3.8, 4) is 0 Å². The predicted octanol–water partition coefficient (Wildman–Crippen LogP) is 3.34. The fourth-order valence-corrected chi connectivity index (χ4v) is 3.56. The largest absolute Gasteiger partial charge is 0.479 e. The molecule has 37 heavy (non-hydrogen) atoms. The Labute approximate surface area is 217 Å². The lowest BCUT2D eigenvalue weighted by molar-refractivity contribution is -0.177. The Kier molecular flexibility index (Phi) is 11.9. The minimum absolute atomic E-state index is 0.00193. The molecule has 1 aliphatic heterocycles. The highest BCUT2D eigenvalue weighted by Crippen LogP contribution is 2.40. The van der Waals surface area contributed by atoms with Crippen LogP contribution in [-0.4, -0.2) is 65.1 Å². The Hall–Kier alpha value is -3.24.